The van der Waals surface area contributed by atoms with Crippen LogP contribution in [0.1, 0.15) is 48.7 Å². The lowest BCUT2D eigenvalue weighted by molar-refractivity contribution is -0.148. The number of aliphatic hydroxyl groups is 1. The summed E-state index contributed by atoms with van der Waals surface area (Å²) in [5.74, 6) is -5.96. The number of phenols is 1. The van der Waals surface area contributed by atoms with Gasteiger partial charge in [-0.25, -0.2) is 8.78 Å². The van der Waals surface area contributed by atoms with E-state index >= 15 is 8.78 Å². The van der Waals surface area contributed by atoms with Crippen LogP contribution in [-0.2, 0) is 16.0 Å². The molecule has 0 unspecified atom stereocenters. The molecule has 2 aromatic rings. The molecule has 0 aliphatic carbocycles. The number of alkyl halides is 2. The zero-order valence-electron chi connectivity index (χ0n) is 22.0. The summed E-state index contributed by atoms with van der Waals surface area (Å²) in [5.41, 5.74) is -0.773. The van der Waals surface area contributed by atoms with Gasteiger partial charge in [-0.3, -0.25) is 14.4 Å². The van der Waals surface area contributed by atoms with Crippen molar-refractivity contribution in [2.24, 2.45) is 5.41 Å². The summed E-state index contributed by atoms with van der Waals surface area (Å²) in [5, 5.41) is 26.4. The normalized spacial score (nSPS) is 19.4. The molecule has 4 N–H and O–H groups in total. The second kappa shape index (κ2) is 11.5. The van der Waals surface area contributed by atoms with E-state index in [0.717, 1.165) is 4.90 Å². The van der Waals surface area contributed by atoms with Gasteiger partial charge in [-0.05, 0) is 37.5 Å². The number of rotatable bonds is 9. The van der Waals surface area contributed by atoms with Crippen molar-refractivity contribution >= 4 is 17.7 Å². The predicted molar refractivity (Wildman–Crippen MR) is 138 cm³/mol. The first-order chi connectivity index (χ1) is 17.8. The van der Waals surface area contributed by atoms with Crippen LogP contribution in [-0.4, -0.2) is 70.0 Å². The van der Waals surface area contributed by atoms with Crippen molar-refractivity contribution < 1.29 is 33.4 Å². The van der Waals surface area contributed by atoms with Gasteiger partial charge in [0.2, 0.25) is 5.91 Å². The molecule has 3 rings (SSSR count). The molecule has 8 nitrogen and oxygen atoms in total. The molecule has 2 aromatic carbocycles. The number of carbonyl (C=O) groups excluding carboxylic acids is 3. The number of likely N-dealkylation sites (tertiary alicyclic amines) is 1. The monoisotopic (exact) mass is 531 g/mol. The van der Waals surface area contributed by atoms with Crippen LogP contribution in [0.15, 0.2) is 48.5 Å². The number of nitrogens with one attached hydrogen (secondary N) is 2. The Morgan fingerprint density at radius 3 is 2.39 bits per heavy atom. The minimum absolute atomic E-state index is 0.0116. The van der Waals surface area contributed by atoms with Crippen LogP contribution in [0.3, 0.4) is 0 Å². The van der Waals surface area contributed by atoms with E-state index in [-0.39, 0.29) is 24.3 Å². The summed E-state index contributed by atoms with van der Waals surface area (Å²) < 4.78 is 30.1. The summed E-state index contributed by atoms with van der Waals surface area (Å²) >= 11 is 0. The van der Waals surface area contributed by atoms with Gasteiger partial charge in [-0.2, -0.15) is 0 Å². The molecule has 1 fully saturated rings. The van der Waals surface area contributed by atoms with Gasteiger partial charge < -0.3 is 25.7 Å². The molecule has 0 saturated carbocycles. The van der Waals surface area contributed by atoms with E-state index < -0.39 is 53.8 Å². The molecule has 0 radical (unpaired) electrons. The summed E-state index contributed by atoms with van der Waals surface area (Å²) in [6.07, 6.45) is -1.34. The Balaban J connectivity index is 1.94. The molecule has 0 bridgehead atoms. The topological polar surface area (TPSA) is 119 Å². The second-order valence-electron chi connectivity index (χ2n) is 10.3. The Morgan fingerprint density at radius 2 is 1.76 bits per heavy atom. The Labute approximate surface area is 221 Å². The SMILES string of the molecule is CCCNC(=O)[C@@H]1N(C(=O)[C@@H](O)[C@H](Cc2ccccc2)NC(=O)c2cccc(O)c2C)CC(F)(F)C1(C)C. The van der Waals surface area contributed by atoms with Gasteiger partial charge in [-0.15, -0.1) is 0 Å². The van der Waals surface area contributed by atoms with Gasteiger partial charge in [0, 0.05) is 17.7 Å². The summed E-state index contributed by atoms with van der Waals surface area (Å²) in [6, 6.07) is 10.4. The van der Waals surface area contributed by atoms with E-state index in [1.165, 1.54) is 32.0 Å². The van der Waals surface area contributed by atoms with Crippen molar-refractivity contribution in [1.82, 2.24) is 15.5 Å². The quantitative estimate of drug-likeness (QED) is 0.397. The van der Waals surface area contributed by atoms with E-state index in [4.69, 9.17) is 0 Å². The molecule has 206 valence electrons. The van der Waals surface area contributed by atoms with Gasteiger partial charge in [0.15, 0.2) is 6.10 Å². The lowest BCUT2D eigenvalue weighted by Gasteiger charge is -2.34. The van der Waals surface area contributed by atoms with Crippen molar-refractivity contribution in [2.75, 3.05) is 13.1 Å². The fraction of sp³-hybridized carbons (Fsp3) is 0.464. The number of amides is 3. The summed E-state index contributed by atoms with van der Waals surface area (Å²) in [6.45, 7) is 5.00. The Hall–Kier alpha value is -3.53. The number of benzene rings is 2. The smallest absolute Gasteiger partial charge is 0.272 e. The highest BCUT2D eigenvalue weighted by Gasteiger charge is 2.64. The molecular formula is C28H35F2N3O5. The number of halogens is 2. The van der Waals surface area contributed by atoms with Crippen LogP contribution in [0.2, 0.25) is 0 Å². The van der Waals surface area contributed by atoms with E-state index in [0.29, 0.717) is 17.5 Å². The maximum absolute atomic E-state index is 15.0. The van der Waals surface area contributed by atoms with Gasteiger partial charge >= 0.3 is 0 Å². The molecule has 1 heterocycles. The van der Waals surface area contributed by atoms with Gasteiger partial charge in [0.05, 0.1) is 18.0 Å². The van der Waals surface area contributed by atoms with Crippen LogP contribution in [0.25, 0.3) is 0 Å². The van der Waals surface area contributed by atoms with Crippen molar-refractivity contribution in [3.8, 4) is 5.75 Å². The second-order valence-corrected chi connectivity index (χ2v) is 10.3. The van der Waals surface area contributed by atoms with Gasteiger partial charge in [-0.1, -0.05) is 57.2 Å². The van der Waals surface area contributed by atoms with E-state index in [2.05, 4.69) is 10.6 Å². The number of hydrogen-bond acceptors (Lipinski definition) is 5. The average molecular weight is 532 g/mol. The molecule has 38 heavy (non-hydrogen) atoms. The Morgan fingerprint density at radius 1 is 1.11 bits per heavy atom. The van der Waals surface area contributed by atoms with Gasteiger partial charge in [0.25, 0.3) is 17.7 Å². The zero-order chi connectivity index (χ0) is 28.3. The molecule has 1 aliphatic heterocycles. The van der Waals surface area contributed by atoms with Crippen LogP contribution >= 0.6 is 0 Å². The molecule has 0 spiro atoms. The summed E-state index contributed by atoms with van der Waals surface area (Å²) in [4.78, 5) is 40.3. The standard InChI is InChI=1S/C28H35F2N3O5/c1-5-14-31-25(37)23-27(3,4)28(29,30)16-33(23)26(38)22(35)20(15-18-10-7-6-8-11-18)32-24(36)19-12-9-13-21(34)17(19)2/h6-13,20,22-23,34-35H,5,14-16H2,1-4H3,(H,31,37)(H,32,36)/t20-,22-,23-/m0/s1. The number of aromatic hydroxyl groups is 1. The third kappa shape index (κ3) is 5.80. The summed E-state index contributed by atoms with van der Waals surface area (Å²) in [7, 11) is 0. The van der Waals surface area contributed by atoms with Crippen molar-refractivity contribution in [1.29, 1.82) is 0 Å². The lowest BCUT2D eigenvalue weighted by Crippen LogP contribution is -2.57. The highest BCUT2D eigenvalue weighted by atomic mass is 19.3. The van der Waals surface area contributed by atoms with Gasteiger partial charge in [0.1, 0.15) is 11.8 Å². The van der Waals surface area contributed by atoms with E-state index in [9.17, 15) is 24.6 Å². The van der Waals surface area contributed by atoms with Crippen molar-refractivity contribution in [3.63, 3.8) is 0 Å². The highest BCUT2D eigenvalue weighted by Crippen LogP contribution is 2.48. The fourth-order valence-corrected chi connectivity index (χ4v) is 4.69. The molecule has 3 atom stereocenters. The zero-order valence-corrected chi connectivity index (χ0v) is 22.0. The van der Waals surface area contributed by atoms with Crippen molar-refractivity contribution in [3.05, 3.63) is 65.2 Å². The minimum Gasteiger partial charge on any atom is -0.508 e. The first-order valence-electron chi connectivity index (χ1n) is 12.6. The number of carbonyl (C=O) groups is 3. The first kappa shape index (κ1) is 29.0. The number of phenolic OH excluding ortho intramolecular Hbond substituents is 1. The maximum Gasteiger partial charge on any atom is 0.272 e. The maximum atomic E-state index is 15.0. The average Bonchev–Trinajstić information content (AvgIpc) is 3.07. The molecule has 3 amide bonds. The van der Waals surface area contributed by atoms with E-state index in [1.807, 2.05) is 6.92 Å². The molecule has 0 aromatic heterocycles. The lowest BCUT2D eigenvalue weighted by atomic mass is 9.81. The Kier molecular flexibility index (Phi) is 8.76. The third-order valence-electron chi connectivity index (χ3n) is 7.19. The Bertz CT molecular complexity index is 1170. The predicted octanol–water partition coefficient (Wildman–Crippen LogP) is 2.80. The molecular weight excluding hydrogens is 496 g/mol. The number of aliphatic hydroxyl groups excluding tert-OH is 1. The molecule has 1 aliphatic rings. The van der Waals surface area contributed by atoms with E-state index in [1.54, 1.807) is 37.3 Å². The largest absolute Gasteiger partial charge is 0.508 e. The minimum atomic E-state index is -3.40. The first-order valence-corrected chi connectivity index (χ1v) is 12.6. The van der Waals surface area contributed by atoms with Crippen LogP contribution in [0.4, 0.5) is 8.78 Å². The number of nitrogens with zero attached hydrogens (tertiary/aromatic N) is 1. The van der Waals surface area contributed by atoms with Crippen LogP contribution in [0.5, 0.6) is 5.75 Å². The molecule has 10 heteroatoms. The third-order valence-corrected chi connectivity index (χ3v) is 7.19. The van der Waals surface area contributed by atoms with Crippen LogP contribution in [0, 0.1) is 12.3 Å². The molecule has 1 saturated heterocycles. The van der Waals surface area contributed by atoms with Crippen molar-refractivity contribution in [2.45, 2.75) is 64.6 Å². The number of hydrogen-bond donors (Lipinski definition) is 4. The van der Waals surface area contributed by atoms with Crippen LogP contribution < -0.4 is 10.6 Å². The fourth-order valence-electron chi connectivity index (χ4n) is 4.69. The highest BCUT2D eigenvalue weighted by molar-refractivity contribution is 5.97.